The van der Waals surface area contributed by atoms with Gasteiger partial charge < -0.3 is 9.64 Å². The lowest BCUT2D eigenvalue weighted by molar-refractivity contribution is -0.132. The summed E-state index contributed by atoms with van der Waals surface area (Å²) in [6.07, 6.45) is 0. The number of amides is 1. The average molecular weight is 157 g/mol. The fourth-order valence-corrected chi connectivity index (χ4v) is 1.03. The lowest BCUT2D eigenvalue weighted by atomic mass is 10.3. The van der Waals surface area contributed by atoms with Crippen molar-refractivity contribution in [3.63, 3.8) is 0 Å². The Kier molecular flexibility index (Phi) is 3.32. The van der Waals surface area contributed by atoms with E-state index in [1.807, 2.05) is 0 Å². The number of piperazine rings is 1. The van der Waals surface area contributed by atoms with E-state index in [-0.39, 0.29) is 5.91 Å². The first-order valence-electron chi connectivity index (χ1n) is 3.74. The van der Waals surface area contributed by atoms with Gasteiger partial charge in [0, 0.05) is 26.7 Å². The molecular weight excluding hydrogens is 144 g/mol. The van der Waals surface area contributed by atoms with E-state index < -0.39 is 0 Å². The summed E-state index contributed by atoms with van der Waals surface area (Å²) >= 11 is 0. The van der Waals surface area contributed by atoms with Crippen LogP contribution in [0.25, 0.3) is 0 Å². The minimum atomic E-state index is 0.119. The molecular formula is C7H13N2O2. The molecule has 0 saturated carbocycles. The molecule has 0 aromatic rings. The molecule has 63 valence electrons. The second-order valence-corrected chi connectivity index (χ2v) is 2.48. The molecule has 1 aliphatic rings. The van der Waals surface area contributed by atoms with E-state index in [1.54, 1.807) is 12.0 Å². The molecule has 1 aliphatic heterocycles. The summed E-state index contributed by atoms with van der Waals surface area (Å²) in [5, 5.41) is 3.98. The summed E-state index contributed by atoms with van der Waals surface area (Å²) in [5.41, 5.74) is 0. The van der Waals surface area contributed by atoms with Crippen molar-refractivity contribution in [2.45, 2.75) is 0 Å². The van der Waals surface area contributed by atoms with Crippen molar-refractivity contribution < 1.29 is 9.53 Å². The van der Waals surface area contributed by atoms with Crippen LogP contribution in [-0.2, 0) is 9.53 Å². The first-order valence-corrected chi connectivity index (χ1v) is 3.74. The number of hydrogen-bond donors (Lipinski definition) is 0. The number of nitrogens with zero attached hydrogens (tertiary/aromatic N) is 2. The van der Waals surface area contributed by atoms with Gasteiger partial charge in [0.05, 0.1) is 13.2 Å². The summed E-state index contributed by atoms with van der Waals surface area (Å²) in [7, 11) is 1.64. The monoisotopic (exact) mass is 157 g/mol. The second kappa shape index (κ2) is 4.31. The molecule has 1 fully saturated rings. The van der Waals surface area contributed by atoms with Gasteiger partial charge >= 0.3 is 0 Å². The van der Waals surface area contributed by atoms with E-state index in [2.05, 4.69) is 5.32 Å². The maximum atomic E-state index is 11.1. The Morgan fingerprint density at radius 2 is 2.55 bits per heavy atom. The largest absolute Gasteiger partial charge is 0.383 e. The zero-order valence-corrected chi connectivity index (χ0v) is 6.75. The molecule has 1 amide bonds. The Hall–Kier alpha value is -0.610. The highest BCUT2D eigenvalue weighted by Crippen LogP contribution is 1.94. The number of methoxy groups -OCH3 is 1. The lowest BCUT2D eigenvalue weighted by Gasteiger charge is -2.25. The van der Waals surface area contributed by atoms with Crippen molar-refractivity contribution >= 4 is 5.91 Å². The van der Waals surface area contributed by atoms with Crippen molar-refractivity contribution in [2.24, 2.45) is 0 Å². The predicted molar refractivity (Wildman–Crippen MR) is 40.3 cm³/mol. The van der Waals surface area contributed by atoms with E-state index in [9.17, 15) is 4.79 Å². The Morgan fingerprint density at radius 1 is 1.73 bits per heavy atom. The van der Waals surface area contributed by atoms with Crippen LogP contribution in [0.3, 0.4) is 0 Å². The molecule has 4 nitrogen and oxygen atoms in total. The molecule has 1 saturated heterocycles. The van der Waals surface area contributed by atoms with Crippen LogP contribution in [0.15, 0.2) is 0 Å². The highest BCUT2D eigenvalue weighted by molar-refractivity contribution is 5.78. The van der Waals surface area contributed by atoms with Gasteiger partial charge in [-0.05, 0) is 0 Å². The van der Waals surface area contributed by atoms with Crippen LogP contribution in [0.5, 0.6) is 0 Å². The number of carbonyl (C=O) groups is 1. The van der Waals surface area contributed by atoms with Gasteiger partial charge in [-0.1, -0.05) is 0 Å². The highest BCUT2D eigenvalue weighted by Gasteiger charge is 2.16. The summed E-state index contributed by atoms with van der Waals surface area (Å²) in [6.45, 7) is 3.19. The molecule has 0 bridgehead atoms. The first kappa shape index (κ1) is 8.49. The van der Waals surface area contributed by atoms with Gasteiger partial charge in [-0.2, -0.15) is 0 Å². The van der Waals surface area contributed by atoms with E-state index in [0.717, 1.165) is 13.1 Å². The fourth-order valence-electron chi connectivity index (χ4n) is 1.03. The third-order valence-corrected chi connectivity index (χ3v) is 1.69. The zero-order valence-electron chi connectivity index (χ0n) is 6.75. The Morgan fingerprint density at radius 3 is 3.18 bits per heavy atom. The molecule has 1 heterocycles. The van der Waals surface area contributed by atoms with Gasteiger partial charge in [0.15, 0.2) is 0 Å². The van der Waals surface area contributed by atoms with Gasteiger partial charge in [0.2, 0.25) is 5.91 Å². The maximum Gasteiger partial charge on any atom is 0.238 e. The molecule has 0 N–H and O–H groups in total. The normalized spacial score (nSPS) is 19.0. The van der Waals surface area contributed by atoms with Crippen molar-refractivity contribution in [3.8, 4) is 0 Å². The molecule has 0 aromatic carbocycles. The number of ether oxygens (including phenoxy) is 1. The van der Waals surface area contributed by atoms with E-state index in [1.165, 1.54) is 0 Å². The maximum absolute atomic E-state index is 11.1. The van der Waals surface area contributed by atoms with Gasteiger partial charge in [0.25, 0.3) is 0 Å². The SMILES string of the molecule is COCCN1CC[N]CC1=O. The number of carbonyl (C=O) groups excluding carboxylic acids is 1. The second-order valence-electron chi connectivity index (χ2n) is 2.48. The summed E-state index contributed by atoms with van der Waals surface area (Å²) < 4.78 is 4.87. The molecule has 0 unspecified atom stereocenters. The van der Waals surface area contributed by atoms with Crippen molar-refractivity contribution in [1.29, 1.82) is 0 Å². The van der Waals surface area contributed by atoms with Gasteiger partial charge in [-0.3, -0.25) is 4.79 Å². The van der Waals surface area contributed by atoms with Gasteiger partial charge in [0.1, 0.15) is 0 Å². The summed E-state index contributed by atoms with van der Waals surface area (Å²) in [5.74, 6) is 0.119. The van der Waals surface area contributed by atoms with Crippen LogP contribution < -0.4 is 5.32 Å². The molecule has 0 spiro atoms. The quantitative estimate of drug-likeness (QED) is 0.531. The Balaban J connectivity index is 2.24. The average Bonchev–Trinajstić information content (AvgIpc) is 2.03. The Labute approximate surface area is 66.5 Å². The van der Waals surface area contributed by atoms with Crippen LogP contribution in [0.1, 0.15) is 0 Å². The summed E-state index contributed by atoms with van der Waals surface area (Å²) in [4.78, 5) is 12.9. The number of hydrogen-bond acceptors (Lipinski definition) is 2. The molecule has 4 heteroatoms. The van der Waals surface area contributed by atoms with E-state index >= 15 is 0 Å². The molecule has 0 aromatic heterocycles. The van der Waals surface area contributed by atoms with Crippen LogP contribution in [-0.4, -0.2) is 50.7 Å². The summed E-state index contributed by atoms with van der Waals surface area (Å²) in [6, 6.07) is 0. The third-order valence-electron chi connectivity index (χ3n) is 1.69. The molecule has 1 radical (unpaired) electrons. The topological polar surface area (TPSA) is 43.6 Å². The van der Waals surface area contributed by atoms with Crippen LogP contribution in [0.2, 0.25) is 0 Å². The minimum absolute atomic E-state index is 0.119. The molecule has 1 rings (SSSR count). The van der Waals surface area contributed by atoms with Crippen LogP contribution in [0, 0.1) is 0 Å². The molecule has 0 aliphatic carbocycles. The van der Waals surface area contributed by atoms with Crippen LogP contribution >= 0.6 is 0 Å². The van der Waals surface area contributed by atoms with Crippen molar-refractivity contribution in [1.82, 2.24) is 10.2 Å². The molecule has 11 heavy (non-hydrogen) atoms. The van der Waals surface area contributed by atoms with Crippen molar-refractivity contribution in [2.75, 3.05) is 39.9 Å². The van der Waals surface area contributed by atoms with Crippen LogP contribution in [0.4, 0.5) is 0 Å². The van der Waals surface area contributed by atoms with Gasteiger partial charge in [-0.25, -0.2) is 5.32 Å². The van der Waals surface area contributed by atoms with Gasteiger partial charge in [-0.15, -0.1) is 0 Å². The fraction of sp³-hybridized carbons (Fsp3) is 0.857. The zero-order chi connectivity index (χ0) is 8.10. The highest BCUT2D eigenvalue weighted by atomic mass is 16.5. The third kappa shape index (κ3) is 2.48. The van der Waals surface area contributed by atoms with E-state index in [0.29, 0.717) is 19.7 Å². The first-order chi connectivity index (χ1) is 5.34. The van der Waals surface area contributed by atoms with Crippen molar-refractivity contribution in [3.05, 3.63) is 0 Å². The van der Waals surface area contributed by atoms with E-state index in [4.69, 9.17) is 4.74 Å². The lowest BCUT2D eigenvalue weighted by Crippen LogP contribution is -2.46. The minimum Gasteiger partial charge on any atom is -0.383 e. The number of rotatable bonds is 3. The predicted octanol–water partition coefficient (Wildman–Crippen LogP) is -0.921. The Bertz CT molecular complexity index is 138. The molecule has 0 atom stereocenters. The standard InChI is InChI=1S/C7H13N2O2/c1-11-5-4-9-3-2-8-6-7(9)10/h2-6H2,1H3. The smallest absolute Gasteiger partial charge is 0.238 e.